The molecule has 0 radical (unpaired) electrons. The summed E-state index contributed by atoms with van der Waals surface area (Å²) < 4.78 is 0. The minimum absolute atomic E-state index is 0.212. The number of nitrogen functional groups attached to an aromatic ring is 1. The lowest BCUT2D eigenvalue weighted by Crippen LogP contribution is -2.16. The summed E-state index contributed by atoms with van der Waals surface area (Å²) in [6.07, 6.45) is 7.59. The molecule has 23 heavy (non-hydrogen) atoms. The van der Waals surface area contributed by atoms with Gasteiger partial charge in [0.15, 0.2) is 0 Å². The van der Waals surface area contributed by atoms with E-state index in [2.05, 4.69) is 23.3 Å². The molecule has 0 spiro atoms. The van der Waals surface area contributed by atoms with E-state index in [9.17, 15) is 4.79 Å². The molecule has 0 aliphatic rings. The highest BCUT2D eigenvalue weighted by Gasteiger charge is 2.13. The highest BCUT2D eigenvalue weighted by Crippen LogP contribution is 2.18. The predicted octanol–water partition coefficient (Wildman–Crippen LogP) is 4.35. The molecule has 0 unspecified atom stereocenters. The van der Waals surface area contributed by atoms with E-state index in [1.807, 2.05) is 25.1 Å². The molecule has 2 rings (SSSR count). The summed E-state index contributed by atoms with van der Waals surface area (Å²) in [5, 5.41) is 2.92. The van der Waals surface area contributed by atoms with Gasteiger partial charge in [0.25, 0.3) is 5.91 Å². The van der Waals surface area contributed by atoms with Crippen LogP contribution in [0.1, 0.15) is 54.1 Å². The third-order valence-corrected chi connectivity index (χ3v) is 3.92. The first-order chi connectivity index (χ1) is 11.1. The van der Waals surface area contributed by atoms with Gasteiger partial charge in [-0.3, -0.25) is 4.79 Å². The zero-order valence-electron chi connectivity index (χ0n) is 13.9. The SMILES string of the molecule is CCCCCCc1cccc(NC(=O)c2c(C)ccnc2N)c1. The predicted molar refractivity (Wildman–Crippen MR) is 95.6 cm³/mol. The Kier molecular flexibility index (Phi) is 6.15. The second-order valence-corrected chi connectivity index (χ2v) is 5.85. The Balaban J connectivity index is 2.04. The van der Waals surface area contributed by atoms with Crippen LogP contribution in [0, 0.1) is 6.92 Å². The maximum atomic E-state index is 12.4. The third-order valence-electron chi connectivity index (χ3n) is 3.92. The maximum Gasteiger partial charge on any atom is 0.259 e. The van der Waals surface area contributed by atoms with Crippen molar-refractivity contribution in [3.8, 4) is 0 Å². The monoisotopic (exact) mass is 311 g/mol. The second kappa shape index (κ2) is 8.32. The smallest absolute Gasteiger partial charge is 0.259 e. The summed E-state index contributed by atoms with van der Waals surface area (Å²) >= 11 is 0. The van der Waals surface area contributed by atoms with Gasteiger partial charge in [-0.15, -0.1) is 0 Å². The number of carbonyl (C=O) groups excluding carboxylic acids is 1. The minimum Gasteiger partial charge on any atom is -0.383 e. The Morgan fingerprint density at radius 3 is 2.78 bits per heavy atom. The van der Waals surface area contributed by atoms with Gasteiger partial charge in [0, 0.05) is 11.9 Å². The molecular formula is C19H25N3O. The van der Waals surface area contributed by atoms with Gasteiger partial charge >= 0.3 is 0 Å². The lowest BCUT2D eigenvalue weighted by atomic mass is 10.1. The van der Waals surface area contributed by atoms with Gasteiger partial charge in [0.2, 0.25) is 0 Å². The molecule has 4 heteroatoms. The van der Waals surface area contributed by atoms with Gasteiger partial charge in [-0.25, -0.2) is 4.98 Å². The summed E-state index contributed by atoms with van der Waals surface area (Å²) in [5.74, 6) is 0.0504. The summed E-state index contributed by atoms with van der Waals surface area (Å²) in [4.78, 5) is 16.4. The number of hydrogen-bond donors (Lipinski definition) is 2. The van der Waals surface area contributed by atoms with E-state index in [1.54, 1.807) is 12.3 Å². The fourth-order valence-electron chi connectivity index (χ4n) is 2.63. The molecule has 122 valence electrons. The number of nitrogens with one attached hydrogen (secondary N) is 1. The molecule has 0 aliphatic heterocycles. The first-order valence-electron chi connectivity index (χ1n) is 8.23. The molecule has 4 nitrogen and oxygen atoms in total. The number of hydrogen-bond acceptors (Lipinski definition) is 3. The Morgan fingerprint density at radius 2 is 2.04 bits per heavy atom. The van der Waals surface area contributed by atoms with Crippen LogP contribution in [0.4, 0.5) is 11.5 Å². The van der Waals surface area contributed by atoms with Crippen molar-refractivity contribution in [2.24, 2.45) is 0 Å². The molecule has 0 bridgehead atoms. The molecule has 0 saturated carbocycles. The Bertz CT molecular complexity index is 647. The first kappa shape index (κ1) is 17.0. The van der Waals surface area contributed by atoms with E-state index in [0.717, 1.165) is 17.7 Å². The highest BCUT2D eigenvalue weighted by molar-refractivity contribution is 6.08. The summed E-state index contributed by atoms with van der Waals surface area (Å²) in [7, 11) is 0. The van der Waals surface area contributed by atoms with Crippen molar-refractivity contribution in [1.29, 1.82) is 0 Å². The van der Waals surface area contributed by atoms with E-state index in [4.69, 9.17) is 5.73 Å². The van der Waals surface area contributed by atoms with Crippen LogP contribution in [0.15, 0.2) is 36.5 Å². The molecule has 1 aromatic carbocycles. The van der Waals surface area contributed by atoms with Crippen molar-refractivity contribution in [3.63, 3.8) is 0 Å². The zero-order valence-corrected chi connectivity index (χ0v) is 13.9. The van der Waals surface area contributed by atoms with Gasteiger partial charge in [-0.2, -0.15) is 0 Å². The second-order valence-electron chi connectivity index (χ2n) is 5.85. The zero-order chi connectivity index (χ0) is 16.7. The average molecular weight is 311 g/mol. The Labute approximate surface area is 138 Å². The quantitative estimate of drug-likeness (QED) is 0.747. The molecule has 0 fully saturated rings. The van der Waals surface area contributed by atoms with Crippen molar-refractivity contribution in [1.82, 2.24) is 4.98 Å². The van der Waals surface area contributed by atoms with Gasteiger partial charge < -0.3 is 11.1 Å². The van der Waals surface area contributed by atoms with Crippen molar-refractivity contribution in [2.45, 2.75) is 46.0 Å². The normalized spacial score (nSPS) is 10.5. The number of unbranched alkanes of at least 4 members (excludes halogenated alkanes) is 3. The number of carbonyl (C=O) groups is 1. The molecule has 0 atom stereocenters. The van der Waals surface area contributed by atoms with Crippen LogP contribution in [0.3, 0.4) is 0 Å². The van der Waals surface area contributed by atoms with E-state index in [1.165, 1.54) is 31.2 Å². The van der Waals surface area contributed by atoms with Crippen molar-refractivity contribution in [2.75, 3.05) is 11.1 Å². The number of amides is 1. The summed E-state index contributed by atoms with van der Waals surface area (Å²) in [6.45, 7) is 4.07. The fourth-order valence-corrected chi connectivity index (χ4v) is 2.63. The number of anilines is 2. The molecule has 1 heterocycles. The number of rotatable bonds is 7. The maximum absolute atomic E-state index is 12.4. The lowest BCUT2D eigenvalue weighted by Gasteiger charge is -2.10. The van der Waals surface area contributed by atoms with Crippen LogP contribution < -0.4 is 11.1 Å². The molecule has 3 N–H and O–H groups in total. The van der Waals surface area contributed by atoms with Crippen LogP contribution in [0.5, 0.6) is 0 Å². The summed E-state index contributed by atoms with van der Waals surface area (Å²) in [6, 6.07) is 9.80. The fraction of sp³-hybridized carbons (Fsp3) is 0.368. The van der Waals surface area contributed by atoms with E-state index in [0.29, 0.717) is 5.56 Å². The topological polar surface area (TPSA) is 68.0 Å². The van der Waals surface area contributed by atoms with Gasteiger partial charge in [-0.1, -0.05) is 38.3 Å². The molecule has 1 amide bonds. The van der Waals surface area contributed by atoms with Crippen LogP contribution in [-0.2, 0) is 6.42 Å². The van der Waals surface area contributed by atoms with Gasteiger partial charge in [-0.05, 0) is 49.1 Å². The van der Waals surface area contributed by atoms with E-state index in [-0.39, 0.29) is 11.7 Å². The number of benzene rings is 1. The first-order valence-corrected chi connectivity index (χ1v) is 8.23. The molecule has 0 aliphatic carbocycles. The Hall–Kier alpha value is -2.36. The number of aryl methyl sites for hydroxylation is 2. The van der Waals surface area contributed by atoms with Crippen molar-refractivity contribution < 1.29 is 4.79 Å². The van der Waals surface area contributed by atoms with Crippen molar-refractivity contribution >= 4 is 17.4 Å². The molecular weight excluding hydrogens is 286 g/mol. The van der Waals surface area contributed by atoms with E-state index >= 15 is 0 Å². The summed E-state index contributed by atoms with van der Waals surface area (Å²) in [5.41, 5.74) is 9.14. The van der Waals surface area contributed by atoms with Gasteiger partial charge in [0.05, 0.1) is 5.56 Å². The number of pyridine rings is 1. The standard InChI is InChI=1S/C19H25N3O/c1-3-4-5-6-8-15-9-7-10-16(13-15)22-19(23)17-14(2)11-12-21-18(17)20/h7,9-13H,3-6,8H2,1-2H3,(H2,20,21)(H,22,23). The third kappa shape index (κ3) is 4.81. The van der Waals surface area contributed by atoms with E-state index < -0.39 is 0 Å². The van der Waals surface area contributed by atoms with Crippen LogP contribution in [-0.4, -0.2) is 10.9 Å². The van der Waals surface area contributed by atoms with Gasteiger partial charge in [0.1, 0.15) is 5.82 Å². The largest absolute Gasteiger partial charge is 0.383 e. The van der Waals surface area contributed by atoms with Crippen LogP contribution >= 0.6 is 0 Å². The number of nitrogens with zero attached hydrogens (tertiary/aromatic N) is 1. The highest BCUT2D eigenvalue weighted by atomic mass is 16.1. The molecule has 1 aromatic heterocycles. The number of nitrogens with two attached hydrogens (primary N) is 1. The number of aromatic nitrogens is 1. The molecule has 0 saturated heterocycles. The average Bonchev–Trinajstić information content (AvgIpc) is 2.52. The van der Waals surface area contributed by atoms with Crippen LogP contribution in [0.25, 0.3) is 0 Å². The van der Waals surface area contributed by atoms with Crippen molar-refractivity contribution in [3.05, 3.63) is 53.2 Å². The minimum atomic E-state index is -0.212. The lowest BCUT2D eigenvalue weighted by molar-refractivity contribution is 0.102. The molecule has 2 aromatic rings. The van der Waals surface area contributed by atoms with Crippen LogP contribution in [0.2, 0.25) is 0 Å². The Morgan fingerprint density at radius 1 is 1.22 bits per heavy atom.